The number of sulfonamides is 1. The Kier molecular flexibility index (Phi) is 3.88. The van der Waals surface area contributed by atoms with Crippen LogP contribution in [0.15, 0.2) is 46.5 Å². The van der Waals surface area contributed by atoms with Crippen molar-refractivity contribution < 1.29 is 8.42 Å². The molecule has 0 heterocycles. The lowest BCUT2D eigenvalue weighted by Crippen LogP contribution is -2.34. The van der Waals surface area contributed by atoms with Crippen molar-refractivity contribution in [3.8, 4) is 0 Å². The fourth-order valence-corrected chi connectivity index (χ4v) is 3.09. The molecule has 1 aromatic rings. The molecule has 0 aliphatic heterocycles. The van der Waals surface area contributed by atoms with E-state index in [4.69, 9.17) is 0 Å². The lowest BCUT2D eigenvalue weighted by Gasteiger charge is -2.17. The van der Waals surface area contributed by atoms with Crippen LogP contribution in [0.5, 0.6) is 0 Å². The summed E-state index contributed by atoms with van der Waals surface area (Å²) in [5, 5.41) is 2.73. The quantitative estimate of drug-likeness (QED) is 0.672. The minimum atomic E-state index is -3.53. The smallest absolute Gasteiger partial charge is 0.207 e. The zero-order chi connectivity index (χ0) is 13.0. The highest BCUT2D eigenvalue weighted by molar-refractivity contribution is 7.89. The fraction of sp³-hybridized carbons (Fsp3) is 0.333. The van der Waals surface area contributed by atoms with E-state index in [1.165, 1.54) is 24.3 Å². The number of allylic oxidation sites excluding steroid dienone is 1. The van der Waals surface area contributed by atoms with E-state index in [0.29, 0.717) is 0 Å². The molecule has 0 amide bonds. The largest absolute Gasteiger partial charge is 0.241 e. The molecule has 96 valence electrons. The predicted molar refractivity (Wildman–Crippen MR) is 69.0 cm³/mol. The van der Waals surface area contributed by atoms with E-state index >= 15 is 0 Å². The first-order chi connectivity index (χ1) is 8.62. The maximum atomic E-state index is 12.0. The summed E-state index contributed by atoms with van der Waals surface area (Å²) in [6, 6.07) is 5.39. The van der Waals surface area contributed by atoms with Gasteiger partial charge in [-0.25, -0.2) is 13.1 Å². The molecule has 1 atom stereocenters. The number of hydrogen-bond acceptors (Lipinski definition) is 4. The van der Waals surface area contributed by atoms with Gasteiger partial charge in [-0.1, -0.05) is 12.2 Å². The van der Waals surface area contributed by atoms with E-state index in [2.05, 4.69) is 9.90 Å². The molecule has 18 heavy (non-hydrogen) atoms. The number of nitroso groups, excluding NO2 is 1. The van der Waals surface area contributed by atoms with Gasteiger partial charge in [0.25, 0.3) is 0 Å². The molecule has 1 unspecified atom stereocenters. The zero-order valence-electron chi connectivity index (χ0n) is 9.74. The number of nitrogens with one attached hydrogen (secondary N) is 1. The normalized spacial score (nSPS) is 19.7. The van der Waals surface area contributed by atoms with Gasteiger partial charge in [-0.15, -0.1) is 4.91 Å². The second kappa shape index (κ2) is 5.41. The lowest BCUT2D eigenvalue weighted by atomic mass is 10.0. The van der Waals surface area contributed by atoms with E-state index in [9.17, 15) is 13.3 Å². The molecule has 1 aromatic carbocycles. The average molecular weight is 266 g/mol. The molecule has 1 aliphatic rings. The summed E-state index contributed by atoms with van der Waals surface area (Å²) in [6.07, 6.45) is 6.65. The Labute approximate surface area is 106 Å². The molecule has 2 rings (SSSR count). The van der Waals surface area contributed by atoms with Crippen LogP contribution in [0.1, 0.15) is 19.3 Å². The van der Waals surface area contributed by atoms with Crippen molar-refractivity contribution in [2.24, 2.45) is 5.18 Å². The van der Waals surface area contributed by atoms with E-state index in [0.717, 1.165) is 19.3 Å². The van der Waals surface area contributed by atoms with Crippen LogP contribution in [0.4, 0.5) is 5.69 Å². The first-order valence-corrected chi connectivity index (χ1v) is 7.22. The van der Waals surface area contributed by atoms with Crippen LogP contribution in [0.2, 0.25) is 0 Å². The molecule has 1 N–H and O–H groups in total. The lowest BCUT2D eigenvalue weighted by molar-refractivity contribution is 0.549. The van der Waals surface area contributed by atoms with Gasteiger partial charge >= 0.3 is 0 Å². The summed E-state index contributed by atoms with van der Waals surface area (Å²) in [5.41, 5.74) is 0.214. The first-order valence-electron chi connectivity index (χ1n) is 5.74. The zero-order valence-corrected chi connectivity index (χ0v) is 10.6. The van der Waals surface area contributed by atoms with E-state index < -0.39 is 10.0 Å². The molecule has 0 aromatic heterocycles. The predicted octanol–water partition coefficient (Wildman–Crippen LogP) is 2.47. The van der Waals surface area contributed by atoms with Gasteiger partial charge in [0.05, 0.1) is 4.90 Å². The third kappa shape index (κ3) is 3.02. The van der Waals surface area contributed by atoms with Crippen LogP contribution in [0, 0.1) is 4.91 Å². The third-order valence-corrected chi connectivity index (χ3v) is 4.32. The van der Waals surface area contributed by atoms with Crippen LogP contribution in [0.25, 0.3) is 0 Å². The molecule has 0 radical (unpaired) electrons. The molecule has 0 saturated carbocycles. The van der Waals surface area contributed by atoms with Crippen LogP contribution in [-0.4, -0.2) is 14.5 Å². The van der Waals surface area contributed by atoms with Gasteiger partial charge in [0.2, 0.25) is 10.0 Å². The molecule has 0 spiro atoms. The Morgan fingerprint density at radius 3 is 2.50 bits per heavy atom. The van der Waals surface area contributed by atoms with Crippen molar-refractivity contribution in [2.75, 3.05) is 0 Å². The maximum absolute atomic E-state index is 12.0. The molecule has 0 saturated heterocycles. The van der Waals surface area contributed by atoms with Crippen molar-refractivity contribution in [1.82, 2.24) is 4.72 Å². The monoisotopic (exact) mass is 266 g/mol. The Morgan fingerprint density at radius 1 is 1.22 bits per heavy atom. The maximum Gasteiger partial charge on any atom is 0.241 e. The van der Waals surface area contributed by atoms with Crippen LogP contribution >= 0.6 is 0 Å². The Hall–Kier alpha value is -1.53. The highest BCUT2D eigenvalue weighted by Gasteiger charge is 2.19. The number of hydrogen-bond donors (Lipinski definition) is 1. The molecular formula is C12H14N2O3S. The standard InChI is InChI=1S/C12H14N2O3S/c15-13-10-6-8-12(9-7-10)18(16,17)14-11-4-2-1-3-5-11/h2,4,6-9,11,14H,1,3,5H2. The van der Waals surface area contributed by atoms with Crippen molar-refractivity contribution in [3.05, 3.63) is 41.3 Å². The van der Waals surface area contributed by atoms with Gasteiger partial charge in [-0.2, -0.15) is 0 Å². The summed E-state index contributed by atoms with van der Waals surface area (Å²) in [5.74, 6) is 0. The molecule has 0 bridgehead atoms. The fourth-order valence-electron chi connectivity index (χ4n) is 1.86. The van der Waals surface area contributed by atoms with Gasteiger partial charge in [0, 0.05) is 6.04 Å². The van der Waals surface area contributed by atoms with Crippen LogP contribution in [0.3, 0.4) is 0 Å². The van der Waals surface area contributed by atoms with Crippen molar-refractivity contribution >= 4 is 15.7 Å². The van der Waals surface area contributed by atoms with Crippen molar-refractivity contribution in [3.63, 3.8) is 0 Å². The van der Waals surface area contributed by atoms with Crippen molar-refractivity contribution in [2.45, 2.75) is 30.2 Å². The second-order valence-electron chi connectivity index (χ2n) is 4.17. The van der Waals surface area contributed by atoms with E-state index in [1.54, 1.807) is 0 Å². The summed E-state index contributed by atoms with van der Waals surface area (Å²) < 4.78 is 26.7. The summed E-state index contributed by atoms with van der Waals surface area (Å²) in [4.78, 5) is 10.4. The van der Waals surface area contributed by atoms with Crippen LogP contribution in [-0.2, 0) is 10.0 Å². The van der Waals surface area contributed by atoms with Gasteiger partial charge in [-0.05, 0) is 48.7 Å². The van der Waals surface area contributed by atoms with Gasteiger partial charge in [0.1, 0.15) is 5.69 Å². The highest BCUT2D eigenvalue weighted by Crippen LogP contribution is 2.18. The molecule has 0 fully saturated rings. The van der Waals surface area contributed by atoms with Crippen LogP contribution < -0.4 is 4.72 Å². The van der Waals surface area contributed by atoms with E-state index in [-0.39, 0.29) is 16.6 Å². The second-order valence-corrected chi connectivity index (χ2v) is 5.89. The number of nitrogens with zero attached hydrogens (tertiary/aromatic N) is 1. The minimum Gasteiger partial charge on any atom is -0.207 e. The summed E-state index contributed by atoms with van der Waals surface area (Å²) in [7, 11) is -3.53. The topological polar surface area (TPSA) is 75.6 Å². The summed E-state index contributed by atoms with van der Waals surface area (Å²) in [6.45, 7) is 0. The van der Waals surface area contributed by atoms with Gasteiger partial charge in [0.15, 0.2) is 0 Å². The van der Waals surface area contributed by atoms with Gasteiger partial charge < -0.3 is 0 Å². The van der Waals surface area contributed by atoms with Gasteiger partial charge in [-0.3, -0.25) is 0 Å². The third-order valence-electron chi connectivity index (χ3n) is 2.81. The molecule has 6 heteroatoms. The van der Waals surface area contributed by atoms with Crippen molar-refractivity contribution in [1.29, 1.82) is 0 Å². The minimum absolute atomic E-state index is 0.146. The Balaban J connectivity index is 2.16. The summed E-state index contributed by atoms with van der Waals surface area (Å²) >= 11 is 0. The molecule has 1 aliphatic carbocycles. The highest BCUT2D eigenvalue weighted by atomic mass is 32.2. The molecule has 5 nitrogen and oxygen atoms in total. The SMILES string of the molecule is O=Nc1ccc(S(=O)(=O)NC2C=CCCC2)cc1. The first kappa shape index (κ1) is 12.9. The van der Waals surface area contributed by atoms with E-state index in [1.807, 2.05) is 12.2 Å². The Morgan fingerprint density at radius 2 is 1.94 bits per heavy atom. The Bertz CT molecular complexity index is 549. The number of rotatable bonds is 4. The number of benzene rings is 1. The molecular weight excluding hydrogens is 252 g/mol. The average Bonchev–Trinajstić information content (AvgIpc) is 2.39.